The number of benzene rings is 2. The van der Waals surface area contributed by atoms with Crippen LogP contribution in [0.2, 0.25) is 0 Å². The van der Waals surface area contributed by atoms with E-state index in [-0.39, 0.29) is 10.8 Å². The Hall–Kier alpha value is -2.20. The first kappa shape index (κ1) is 16.7. The minimum atomic E-state index is -3.41. The van der Waals surface area contributed by atoms with Crippen LogP contribution in [0.15, 0.2) is 59.6 Å². The van der Waals surface area contributed by atoms with E-state index in [2.05, 4.69) is 11.9 Å². The highest BCUT2D eigenvalue weighted by molar-refractivity contribution is 7.91. The maximum absolute atomic E-state index is 12.7. The average Bonchev–Trinajstić information content (AvgIpc) is 2.60. The molecule has 2 aromatic carbocycles. The smallest absolute Gasteiger partial charge is 0.195 e. The monoisotopic (exact) mass is 339 g/mol. The Balaban J connectivity index is 1.98. The second-order valence-electron chi connectivity index (χ2n) is 6.00. The van der Waals surface area contributed by atoms with Crippen molar-refractivity contribution in [1.29, 1.82) is 0 Å². The average molecular weight is 339 g/mol. The Morgan fingerprint density at radius 3 is 2.46 bits per heavy atom. The van der Waals surface area contributed by atoms with Crippen LogP contribution in [0.5, 0.6) is 0 Å². The zero-order valence-corrected chi connectivity index (χ0v) is 14.8. The van der Waals surface area contributed by atoms with Crippen molar-refractivity contribution in [3.05, 3.63) is 71.3 Å². The number of rotatable bonds is 5. The van der Waals surface area contributed by atoms with Gasteiger partial charge in [-0.25, -0.2) is 13.4 Å². The van der Waals surface area contributed by atoms with E-state index in [1.165, 1.54) is 0 Å². The summed E-state index contributed by atoms with van der Waals surface area (Å²) in [6.45, 7) is 4.00. The van der Waals surface area contributed by atoms with Gasteiger partial charge in [-0.3, -0.25) is 0 Å². The SMILES string of the molecule is CCc1cccc2c(C)cc(S(=O)(=O)CCc3ccccc3)nc12. The standard InChI is InChI=1S/C20H21NO2S/c1-3-17-10-7-11-18-15(2)14-19(21-20(17)18)24(22,23)13-12-16-8-5-4-6-9-16/h4-11,14H,3,12-13H2,1-2H3. The highest BCUT2D eigenvalue weighted by Crippen LogP contribution is 2.24. The van der Waals surface area contributed by atoms with Gasteiger partial charge in [0.25, 0.3) is 0 Å². The lowest BCUT2D eigenvalue weighted by molar-refractivity contribution is 0.592. The van der Waals surface area contributed by atoms with Gasteiger partial charge in [-0.05, 0) is 42.5 Å². The topological polar surface area (TPSA) is 47.0 Å². The summed E-state index contributed by atoms with van der Waals surface area (Å²) < 4.78 is 25.5. The van der Waals surface area contributed by atoms with E-state index >= 15 is 0 Å². The summed E-state index contributed by atoms with van der Waals surface area (Å²) in [5, 5.41) is 1.21. The molecule has 0 aliphatic heterocycles. The van der Waals surface area contributed by atoms with Crippen LogP contribution in [0, 0.1) is 6.92 Å². The fraction of sp³-hybridized carbons (Fsp3) is 0.250. The lowest BCUT2D eigenvalue weighted by Gasteiger charge is -2.10. The van der Waals surface area contributed by atoms with Crippen molar-refractivity contribution < 1.29 is 8.42 Å². The molecule has 0 atom stereocenters. The number of sulfone groups is 1. The molecule has 24 heavy (non-hydrogen) atoms. The predicted molar refractivity (Wildman–Crippen MR) is 98.1 cm³/mol. The molecule has 0 aliphatic carbocycles. The largest absolute Gasteiger partial charge is 0.236 e. The first-order valence-electron chi connectivity index (χ1n) is 8.17. The van der Waals surface area contributed by atoms with Gasteiger partial charge in [0.15, 0.2) is 14.9 Å². The number of aromatic nitrogens is 1. The molecule has 0 spiro atoms. The van der Waals surface area contributed by atoms with E-state index < -0.39 is 9.84 Å². The first-order valence-corrected chi connectivity index (χ1v) is 9.82. The van der Waals surface area contributed by atoms with Gasteiger partial charge in [-0.2, -0.15) is 0 Å². The Kier molecular flexibility index (Phi) is 4.67. The van der Waals surface area contributed by atoms with Crippen LogP contribution in [-0.4, -0.2) is 19.2 Å². The molecule has 0 saturated carbocycles. The highest BCUT2D eigenvalue weighted by atomic mass is 32.2. The number of hydrogen-bond donors (Lipinski definition) is 0. The number of hydrogen-bond acceptors (Lipinski definition) is 3. The number of aryl methyl sites for hydroxylation is 3. The zero-order valence-electron chi connectivity index (χ0n) is 14.0. The molecule has 4 heteroatoms. The van der Waals surface area contributed by atoms with Gasteiger partial charge in [0.1, 0.15) is 0 Å². The molecule has 0 fully saturated rings. The lowest BCUT2D eigenvalue weighted by Crippen LogP contribution is -2.12. The molecule has 0 saturated heterocycles. The van der Waals surface area contributed by atoms with Gasteiger partial charge in [0.05, 0.1) is 11.3 Å². The van der Waals surface area contributed by atoms with Gasteiger partial charge in [0, 0.05) is 5.39 Å². The third-order valence-electron chi connectivity index (χ3n) is 4.31. The van der Waals surface area contributed by atoms with E-state index in [0.29, 0.717) is 6.42 Å². The molecule has 3 rings (SSSR count). The quantitative estimate of drug-likeness (QED) is 0.702. The van der Waals surface area contributed by atoms with Crippen molar-refractivity contribution in [2.45, 2.75) is 31.7 Å². The van der Waals surface area contributed by atoms with Gasteiger partial charge >= 0.3 is 0 Å². The molecule has 1 heterocycles. The molecule has 3 nitrogen and oxygen atoms in total. The molecule has 1 aromatic heterocycles. The van der Waals surface area contributed by atoms with E-state index in [9.17, 15) is 8.42 Å². The molecular formula is C20H21NO2S. The van der Waals surface area contributed by atoms with Crippen molar-refractivity contribution in [2.75, 3.05) is 5.75 Å². The summed E-state index contributed by atoms with van der Waals surface area (Å²) in [4.78, 5) is 4.50. The van der Waals surface area contributed by atoms with Crippen LogP contribution in [-0.2, 0) is 22.7 Å². The van der Waals surface area contributed by atoms with Crippen LogP contribution in [0.4, 0.5) is 0 Å². The minimum Gasteiger partial charge on any atom is -0.236 e. The van der Waals surface area contributed by atoms with Crippen LogP contribution >= 0.6 is 0 Å². The number of para-hydroxylation sites is 1. The summed E-state index contributed by atoms with van der Waals surface area (Å²) in [6, 6.07) is 17.4. The van der Waals surface area contributed by atoms with E-state index in [1.807, 2.05) is 55.5 Å². The van der Waals surface area contributed by atoms with Gasteiger partial charge < -0.3 is 0 Å². The van der Waals surface area contributed by atoms with Crippen molar-refractivity contribution in [1.82, 2.24) is 4.98 Å². The summed E-state index contributed by atoms with van der Waals surface area (Å²) in [5.41, 5.74) is 3.86. The van der Waals surface area contributed by atoms with Gasteiger partial charge in [-0.15, -0.1) is 0 Å². The Bertz CT molecular complexity index is 964. The molecule has 0 bridgehead atoms. The third kappa shape index (κ3) is 3.34. The van der Waals surface area contributed by atoms with Crippen LogP contribution in [0.25, 0.3) is 10.9 Å². The molecule has 124 valence electrons. The predicted octanol–water partition coefficient (Wildman–Crippen LogP) is 4.12. The number of nitrogens with zero attached hydrogens (tertiary/aromatic N) is 1. The molecule has 3 aromatic rings. The lowest BCUT2D eigenvalue weighted by atomic mass is 10.0. The summed E-state index contributed by atoms with van der Waals surface area (Å²) in [7, 11) is -3.41. The van der Waals surface area contributed by atoms with Gasteiger partial charge in [0.2, 0.25) is 0 Å². The number of fused-ring (bicyclic) bond motifs is 1. The van der Waals surface area contributed by atoms with Crippen molar-refractivity contribution in [3.63, 3.8) is 0 Å². The number of pyridine rings is 1. The van der Waals surface area contributed by atoms with E-state index in [1.54, 1.807) is 6.07 Å². The van der Waals surface area contributed by atoms with Crippen LogP contribution in [0.1, 0.15) is 23.6 Å². The molecule has 0 radical (unpaired) electrons. The maximum Gasteiger partial charge on any atom is 0.195 e. The molecule has 0 N–H and O–H groups in total. The Morgan fingerprint density at radius 1 is 1.00 bits per heavy atom. The second-order valence-corrected chi connectivity index (χ2v) is 8.05. The minimum absolute atomic E-state index is 0.0727. The molecule has 0 amide bonds. The van der Waals surface area contributed by atoms with Crippen LogP contribution < -0.4 is 0 Å². The first-order chi connectivity index (χ1) is 11.5. The van der Waals surface area contributed by atoms with Crippen molar-refractivity contribution in [3.8, 4) is 0 Å². The van der Waals surface area contributed by atoms with Crippen molar-refractivity contribution >= 4 is 20.7 Å². The molecular weight excluding hydrogens is 318 g/mol. The van der Waals surface area contributed by atoms with E-state index in [0.717, 1.165) is 34.0 Å². The molecule has 0 unspecified atom stereocenters. The van der Waals surface area contributed by atoms with E-state index in [4.69, 9.17) is 0 Å². The van der Waals surface area contributed by atoms with Crippen LogP contribution in [0.3, 0.4) is 0 Å². The fourth-order valence-corrected chi connectivity index (χ4v) is 4.19. The normalized spacial score (nSPS) is 11.8. The fourth-order valence-electron chi connectivity index (χ4n) is 2.89. The summed E-state index contributed by atoms with van der Waals surface area (Å²) in [5.74, 6) is 0.0727. The summed E-state index contributed by atoms with van der Waals surface area (Å²) >= 11 is 0. The van der Waals surface area contributed by atoms with Gasteiger partial charge in [-0.1, -0.05) is 55.5 Å². The summed E-state index contributed by atoms with van der Waals surface area (Å²) in [6.07, 6.45) is 1.33. The zero-order chi connectivity index (χ0) is 17.2. The Morgan fingerprint density at radius 2 is 1.75 bits per heavy atom. The second kappa shape index (κ2) is 6.73. The maximum atomic E-state index is 12.7. The highest BCUT2D eigenvalue weighted by Gasteiger charge is 2.18. The third-order valence-corrected chi connectivity index (χ3v) is 5.90. The Labute approximate surface area is 143 Å². The molecule has 0 aliphatic rings. The van der Waals surface area contributed by atoms with Crippen molar-refractivity contribution in [2.24, 2.45) is 0 Å².